The summed E-state index contributed by atoms with van der Waals surface area (Å²) in [6.07, 6.45) is 7.22. The highest BCUT2D eigenvalue weighted by Crippen LogP contribution is 2.38. The minimum absolute atomic E-state index is 0.418. The number of hydrogen-bond donors (Lipinski definition) is 2. The highest BCUT2D eigenvalue weighted by molar-refractivity contribution is 8.77. The second-order valence-corrected chi connectivity index (χ2v) is 21.6. The summed E-state index contributed by atoms with van der Waals surface area (Å²) >= 11 is 30.5. The second-order valence-electron chi connectivity index (χ2n) is 12.0. The number of nitrogens with zero attached hydrogens (tertiary/aromatic N) is 4. The van der Waals surface area contributed by atoms with E-state index in [9.17, 15) is 0 Å². The first-order valence-corrected chi connectivity index (χ1v) is 25.6. The van der Waals surface area contributed by atoms with Crippen LogP contribution in [0.1, 0.15) is 66.2 Å². The van der Waals surface area contributed by atoms with Gasteiger partial charge in [0.25, 0.3) is 0 Å². The highest BCUT2D eigenvalue weighted by Gasteiger charge is 2.24. The number of thiocarbonyl (C=S) groups is 4. The summed E-state index contributed by atoms with van der Waals surface area (Å²) < 4.78 is 3.90. The van der Waals surface area contributed by atoms with E-state index in [0.717, 1.165) is 119 Å². The summed E-state index contributed by atoms with van der Waals surface area (Å²) in [6, 6.07) is 0. The topological polar surface area (TPSA) is 37.0 Å². The minimum atomic E-state index is 0.418. The van der Waals surface area contributed by atoms with E-state index in [4.69, 9.17) is 48.9 Å². The summed E-state index contributed by atoms with van der Waals surface area (Å²) in [5.74, 6) is 3.91. The van der Waals surface area contributed by atoms with Crippen molar-refractivity contribution in [1.29, 1.82) is 0 Å². The molecule has 2 atom stereocenters. The second kappa shape index (κ2) is 29.0. The van der Waals surface area contributed by atoms with Crippen molar-refractivity contribution >= 4 is 135 Å². The maximum atomic E-state index is 5.97. The van der Waals surface area contributed by atoms with Crippen molar-refractivity contribution in [1.82, 2.24) is 30.2 Å². The summed E-state index contributed by atoms with van der Waals surface area (Å²) in [5, 5.41) is 7.63. The van der Waals surface area contributed by atoms with Gasteiger partial charge in [0.05, 0.1) is 0 Å². The fourth-order valence-corrected chi connectivity index (χ4v) is 14.4. The molecule has 0 aromatic heterocycles. The van der Waals surface area contributed by atoms with Crippen LogP contribution in [0.2, 0.25) is 0 Å². The van der Waals surface area contributed by atoms with Crippen LogP contribution in [0.3, 0.4) is 0 Å². The molecule has 0 radical (unpaired) electrons. The smallest absolute Gasteiger partial charge is 0.136 e. The Morgan fingerprint density at radius 2 is 0.875 bits per heavy atom. The van der Waals surface area contributed by atoms with Gasteiger partial charge in [-0.05, 0) is 38.8 Å². The van der Waals surface area contributed by atoms with Crippen molar-refractivity contribution in [2.45, 2.75) is 76.7 Å². The molecule has 0 saturated carbocycles. The number of nitrogens with one attached hydrogen (secondary N) is 2. The molecule has 2 rings (SSSR count). The molecule has 2 saturated heterocycles. The van der Waals surface area contributed by atoms with Crippen molar-refractivity contribution in [2.24, 2.45) is 0 Å². The van der Waals surface area contributed by atoms with Crippen LogP contribution >= 0.6 is 118 Å². The van der Waals surface area contributed by atoms with Crippen molar-refractivity contribution in [3.05, 3.63) is 0 Å². The lowest BCUT2D eigenvalue weighted by molar-refractivity contribution is 0.183. The molecule has 6 nitrogen and oxygen atoms in total. The number of unbranched alkanes of at least 4 members (excludes halogenated alkanes) is 2. The van der Waals surface area contributed by atoms with E-state index >= 15 is 0 Å². The lowest BCUT2D eigenvalue weighted by Gasteiger charge is -2.36. The predicted octanol–water partition coefficient (Wildman–Crippen LogP) is 8.01. The normalized spacial score (nSPS) is 17.2. The highest BCUT2D eigenvalue weighted by atomic mass is 33.1. The van der Waals surface area contributed by atoms with Gasteiger partial charge >= 0.3 is 0 Å². The molecular weight excluding hydrogens is 789 g/mol. The molecule has 48 heavy (non-hydrogen) atoms. The van der Waals surface area contributed by atoms with Crippen LogP contribution in [0.15, 0.2) is 0 Å². The van der Waals surface area contributed by atoms with E-state index in [1.165, 1.54) is 38.8 Å². The van der Waals surface area contributed by atoms with Gasteiger partial charge in [-0.1, -0.05) is 158 Å². The molecule has 2 N–H and O–H groups in total. The van der Waals surface area contributed by atoms with E-state index in [1.807, 2.05) is 45.1 Å². The first-order chi connectivity index (χ1) is 23.3. The molecule has 0 amide bonds. The number of hydrogen-bond acceptors (Lipinski definition) is 12. The monoisotopic (exact) mass is 848 g/mol. The third kappa shape index (κ3) is 20.7. The van der Waals surface area contributed by atoms with E-state index in [-0.39, 0.29) is 0 Å². The van der Waals surface area contributed by atoms with E-state index in [1.54, 1.807) is 23.5 Å². The maximum absolute atomic E-state index is 5.97. The van der Waals surface area contributed by atoms with Gasteiger partial charge < -0.3 is 20.4 Å². The molecule has 0 aliphatic carbocycles. The molecule has 2 heterocycles. The third-order valence-corrected chi connectivity index (χ3v) is 18.3. The molecule has 2 aliphatic rings. The average molecular weight is 850 g/mol. The first kappa shape index (κ1) is 45.7. The van der Waals surface area contributed by atoms with Crippen LogP contribution in [0.4, 0.5) is 0 Å². The number of thioether (sulfide) groups is 4. The molecule has 0 bridgehead atoms. The van der Waals surface area contributed by atoms with Crippen LogP contribution in [0.25, 0.3) is 0 Å². The molecular formula is C32H60N6S10. The van der Waals surface area contributed by atoms with E-state index in [2.05, 4.69) is 57.9 Å². The van der Waals surface area contributed by atoms with Gasteiger partial charge in [-0.25, -0.2) is 0 Å². The van der Waals surface area contributed by atoms with Gasteiger partial charge in [-0.15, -0.1) is 0 Å². The quantitative estimate of drug-likeness (QED) is 0.0865. The van der Waals surface area contributed by atoms with Crippen molar-refractivity contribution in [3.63, 3.8) is 0 Å². The fraction of sp³-hybridized carbons (Fsp3) is 0.875. The van der Waals surface area contributed by atoms with E-state index < -0.39 is 0 Å². The largest absolute Gasteiger partial charge is 0.371 e. The fourth-order valence-electron chi connectivity index (χ4n) is 4.84. The molecule has 0 aromatic rings. The van der Waals surface area contributed by atoms with Crippen LogP contribution < -0.4 is 10.6 Å². The van der Waals surface area contributed by atoms with Gasteiger partial charge in [-0.2, -0.15) is 0 Å². The lowest BCUT2D eigenvalue weighted by Crippen LogP contribution is -2.47. The van der Waals surface area contributed by atoms with Crippen LogP contribution in [0.5, 0.6) is 0 Å². The average Bonchev–Trinajstić information content (AvgIpc) is 3.11. The summed E-state index contributed by atoms with van der Waals surface area (Å²) in [6.45, 7) is 21.8. The Labute approximate surface area is 340 Å². The Kier molecular flexibility index (Phi) is 27.6. The van der Waals surface area contributed by atoms with Gasteiger partial charge in [0, 0.05) is 99.0 Å². The molecule has 16 heteroatoms. The van der Waals surface area contributed by atoms with Crippen LogP contribution in [-0.4, -0.2) is 149 Å². The SMILES string of the molecule is CCCCN1CCN(C(=S)SCC(CSC(=S)NCCC)SSC(CSC(=S)NCCC)CSC(=S)N2CCN(CCCC)CC2)CC1. The van der Waals surface area contributed by atoms with Crippen molar-refractivity contribution < 1.29 is 0 Å². The molecule has 0 spiro atoms. The lowest BCUT2D eigenvalue weighted by atomic mass is 10.3. The van der Waals surface area contributed by atoms with Crippen molar-refractivity contribution in [2.75, 3.05) is 102 Å². The maximum Gasteiger partial charge on any atom is 0.136 e. The third-order valence-electron chi connectivity index (χ3n) is 7.87. The molecule has 278 valence electrons. The molecule has 2 aliphatic heterocycles. The van der Waals surface area contributed by atoms with Crippen LogP contribution in [-0.2, 0) is 0 Å². The Morgan fingerprint density at radius 3 is 1.21 bits per heavy atom. The van der Waals surface area contributed by atoms with Crippen molar-refractivity contribution in [3.8, 4) is 0 Å². The first-order valence-electron chi connectivity index (χ1n) is 17.7. The zero-order valence-electron chi connectivity index (χ0n) is 29.6. The van der Waals surface area contributed by atoms with Crippen LogP contribution in [0, 0.1) is 0 Å². The predicted molar refractivity (Wildman–Crippen MR) is 245 cm³/mol. The zero-order valence-corrected chi connectivity index (χ0v) is 37.7. The Bertz CT molecular complexity index is 844. The summed E-state index contributed by atoms with van der Waals surface area (Å²) in [7, 11) is 4.01. The summed E-state index contributed by atoms with van der Waals surface area (Å²) in [4.78, 5) is 10.0. The Morgan fingerprint density at radius 1 is 0.521 bits per heavy atom. The molecule has 0 aromatic carbocycles. The van der Waals surface area contributed by atoms with Gasteiger partial charge in [0.2, 0.25) is 0 Å². The molecule has 2 unspecified atom stereocenters. The standard InChI is InChI=1S/C32H60N6S10/c1-5-9-13-35-15-19-37(20-16-35)31(41)45-25-27(23-43-29(39)33-11-7-3)47-48-28(24-44-30(40)34-12-8-4)26-46-32(42)38-21-17-36(18-22-38)14-10-6-2/h27-28H,5-26H2,1-4H3,(H,33,39)(H,34,40). The minimum Gasteiger partial charge on any atom is -0.371 e. The molecule has 2 fully saturated rings. The van der Waals surface area contributed by atoms with Gasteiger partial charge in [0.15, 0.2) is 0 Å². The number of rotatable bonds is 21. The summed E-state index contributed by atoms with van der Waals surface area (Å²) in [5.41, 5.74) is 0. The van der Waals surface area contributed by atoms with Gasteiger partial charge in [-0.3, -0.25) is 9.80 Å². The van der Waals surface area contributed by atoms with E-state index in [0.29, 0.717) is 10.5 Å². The Hall–Kier alpha value is 1.58. The number of piperazine rings is 2. The zero-order chi connectivity index (χ0) is 35.0. The van der Waals surface area contributed by atoms with Gasteiger partial charge in [0.1, 0.15) is 17.3 Å². The Balaban J connectivity index is 1.96.